The van der Waals surface area contributed by atoms with E-state index in [2.05, 4.69) is 133 Å². The molecule has 0 rings (SSSR count). The van der Waals surface area contributed by atoms with Crippen molar-refractivity contribution in [1.82, 2.24) is 0 Å². The molecule has 0 saturated heterocycles. The zero-order valence-electron chi connectivity index (χ0n) is 17.5. The van der Waals surface area contributed by atoms with Crippen molar-refractivity contribution < 1.29 is 0 Å². The van der Waals surface area contributed by atoms with E-state index in [1.54, 1.807) is 11.6 Å². The first kappa shape index (κ1) is 30.0. The predicted molar refractivity (Wildman–Crippen MR) is 151 cm³/mol. The third kappa shape index (κ3) is 6.52. The Balaban J connectivity index is 8.94. The minimum atomic E-state index is -4.27. The third-order valence-corrected chi connectivity index (χ3v) is 15.3. The lowest BCUT2D eigenvalue weighted by Crippen LogP contribution is -1.84. The molecule has 0 amide bonds. The van der Waals surface area contributed by atoms with Gasteiger partial charge in [0.25, 0.3) is 0 Å². The predicted octanol–water partition coefficient (Wildman–Crippen LogP) is 6.59. The van der Waals surface area contributed by atoms with Crippen LogP contribution in [0.2, 0.25) is 0 Å². The van der Waals surface area contributed by atoms with E-state index in [1.807, 2.05) is 0 Å². The molecule has 0 N–H and O–H groups in total. The second-order valence-electron chi connectivity index (χ2n) is 4.72. The first-order valence-corrected chi connectivity index (χ1v) is 15.8. The number of hydrogen-bond acceptors (Lipinski definition) is 6. The Hall–Kier alpha value is -2.97. The lowest BCUT2D eigenvalue weighted by Gasteiger charge is -2.15. The Morgan fingerprint density at radius 2 is 0.667 bits per heavy atom. The second kappa shape index (κ2) is 12.3. The average molecular weight is 543 g/mol. The van der Waals surface area contributed by atoms with Crippen molar-refractivity contribution in [2.75, 3.05) is 0 Å². The maximum Gasteiger partial charge on any atom is 0.507 e. The summed E-state index contributed by atoms with van der Waals surface area (Å²) in [5.41, 5.74) is 0. The van der Waals surface area contributed by atoms with Crippen molar-refractivity contribution in [1.29, 1.82) is 10.5 Å². The summed E-state index contributed by atoms with van der Waals surface area (Å²) in [5.74, 6) is 3.42. The molecule has 0 spiro atoms. The molecule has 0 radical (unpaired) electrons. The molecule has 0 fully saturated rings. The second-order valence-corrected chi connectivity index (χ2v) is 16.3. The molecular weight excluding hydrogens is 523 g/mol. The van der Waals surface area contributed by atoms with E-state index in [9.17, 15) is 10.5 Å². The van der Waals surface area contributed by atoms with Crippen molar-refractivity contribution >= 4 is 105 Å². The third-order valence-electron chi connectivity index (χ3n) is 3.16. The molecule has 0 aromatic heterocycles. The average Bonchev–Trinajstić information content (AvgIpc) is 2.88. The Labute approximate surface area is 192 Å². The Morgan fingerprint density at radius 1 is 0.424 bits per heavy atom. The maximum atomic E-state index is 9.70. The van der Waals surface area contributed by atoms with Crippen LogP contribution in [-0.4, -0.2) is 67.2 Å². The van der Waals surface area contributed by atoms with Gasteiger partial charge in [-0.15, -0.1) is 0 Å². The highest BCUT2D eigenvalue weighted by molar-refractivity contribution is 7.91. The minimum Gasteiger partial charge on any atom is -0.232 e. The minimum absolute atomic E-state index is 1.71. The van der Waals surface area contributed by atoms with Gasteiger partial charge in [0.2, 0.25) is 0 Å². The molecule has 0 heterocycles. The van der Waals surface area contributed by atoms with E-state index in [0.29, 0.717) is 0 Å². The summed E-state index contributed by atoms with van der Waals surface area (Å²) in [5, 5.41) is 19.4. The van der Waals surface area contributed by atoms with Crippen LogP contribution in [-0.2, 0) is 0 Å². The first-order chi connectivity index (χ1) is 15.6. The molecule has 21 heteroatoms. The highest BCUT2D eigenvalue weighted by Crippen LogP contribution is 2.85. The SMILES string of the molecule is C=NP(C#N)(C#N)=N[P+](N=P(N=C)(N=C)N=C)(N=P(N=C)(N=C)N=C)N=P(N=C)(N=C)N=C. The zero-order valence-corrected chi connectivity index (χ0v) is 21.9. The smallest absolute Gasteiger partial charge is 0.232 e. The fourth-order valence-electron chi connectivity index (χ4n) is 1.57. The van der Waals surface area contributed by atoms with E-state index in [4.69, 9.17) is 0 Å². The van der Waals surface area contributed by atoms with Gasteiger partial charge in [0, 0.05) is 0 Å². The monoisotopic (exact) mass is 543 g/mol. The van der Waals surface area contributed by atoms with Gasteiger partial charge in [-0.25, -0.2) is 47.6 Å². The van der Waals surface area contributed by atoms with E-state index in [1.165, 1.54) is 0 Å². The Kier molecular flexibility index (Phi) is 11.2. The number of nitriles is 2. The first-order valence-electron chi connectivity index (χ1n) is 7.66. The molecule has 33 heavy (non-hydrogen) atoms. The topological polar surface area (TPSA) is 221 Å². The van der Waals surface area contributed by atoms with Gasteiger partial charge in [0.05, 0.1) is 0 Å². The van der Waals surface area contributed by atoms with Crippen LogP contribution in [0.1, 0.15) is 0 Å². The summed E-state index contributed by atoms with van der Waals surface area (Å²) in [6.07, 6.45) is 0. The number of rotatable bonds is 14. The van der Waals surface area contributed by atoms with Gasteiger partial charge in [0.15, 0.2) is 0 Å². The Bertz CT molecular complexity index is 1030. The highest BCUT2D eigenvalue weighted by atomic mass is 31.3. The van der Waals surface area contributed by atoms with Crippen molar-refractivity contribution in [2.45, 2.75) is 0 Å². The van der Waals surface area contributed by atoms with Gasteiger partial charge in [-0.2, -0.15) is 10.5 Å². The summed E-state index contributed by atoms with van der Waals surface area (Å²) in [4.78, 5) is 0. The van der Waals surface area contributed by atoms with Gasteiger partial charge >= 0.3 is 37.6 Å². The molecule has 0 aliphatic rings. The van der Waals surface area contributed by atoms with Gasteiger partial charge < -0.3 is 0 Å². The summed E-state index contributed by atoms with van der Waals surface area (Å²) in [7, 11) is -18.9. The molecule has 0 aliphatic carbocycles. The molecular formula is C12H20N16P5+. The standard InChI is InChI=1S/C12H20N16P5/c1-15-29(11-13,12-14)25-33(26-30(16-2,17-3)18-4,27-31(19-5,20-6)21-7)28-32(22-8,23-9)24-10/h1-10H2/q+1. The molecule has 0 unspecified atom stereocenters. The quantitative estimate of drug-likeness (QED) is 0.175. The lowest BCUT2D eigenvalue weighted by molar-refractivity contribution is 1.45. The van der Waals surface area contributed by atoms with Crippen molar-refractivity contribution in [3.8, 4) is 11.6 Å². The van der Waals surface area contributed by atoms with Crippen LogP contribution in [0.15, 0.2) is 65.7 Å². The van der Waals surface area contributed by atoms with E-state index < -0.39 is 37.6 Å². The van der Waals surface area contributed by atoms with Crippen molar-refractivity contribution in [3.05, 3.63) is 0 Å². The lowest BCUT2D eigenvalue weighted by atomic mass is 11.7. The number of hydrogen-bond donors (Lipinski definition) is 0. The molecule has 172 valence electrons. The van der Waals surface area contributed by atoms with E-state index >= 15 is 0 Å². The van der Waals surface area contributed by atoms with Crippen LogP contribution in [0.3, 0.4) is 0 Å². The largest absolute Gasteiger partial charge is 0.507 e. The van der Waals surface area contributed by atoms with E-state index in [-0.39, 0.29) is 0 Å². The highest BCUT2D eigenvalue weighted by Gasteiger charge is 2.52. The fraction of sp³-hybridized carbons (Fsp3) is 0. The normalized spacial score (nSPS) is 11.6. The van der Waals surface area contributed by atoms with Crippen molar-refractivity contribution in [2.24, 2.45) is 65.7 Å². The van der Waals surface area contributed by atoms with Crippen LogP contribution in [0.4, 0.5) is 0 Å². The van der Waals surface area contributed by atoms with Crippen LogP contribution in [0, 0.1) is 22.1 Å². The molecule has 0 saturated carbocycles. The molecule has 0 atom stereocenters. The maximum absolute atomic E-state index is 9.70. The van der Waals surface area contributed by atoms with Crippen LogP contribution < -0.4 is 0 Å². The van der Waals surface area contributed by atoms with Gasteiger partial charge in [-0.1, -0.05) is 0 Å². The van der Waals surface area contributed by atoms with Crippen molar-refractivity contribution in [3.63, 3.8) is 0 Å². The molecule has 0 aromatic rings. The summed E-state index contributed by atoms with van der Waals surface area (Å²) in [6.45, 7) is 34.0. The molecule has 0 aliphatic heterocycles. The summed E-state index contributed by atoms with van der Waals surface area (Å²) < 4.78 is 55.2. The molecule has 16 nitrogen and oxygen atoms in total. The van der Waals surface area contributed by atoms with Crippen LogP contribution >= 0.6 is 37.6 Å². The summed E-state index contributed by atoms with van der Waals surface area (Å²) in [6, 6.07) is 0. The molecule has 0 bridgehead atoms. The number of nitrogens with zero attached hydrogens (tertiary/aromatic N) is 16. The fourth-order valence-corrected chi connectivity index (χ4v) is 13.2. The van der Waals surface area contributed by atoms with Gasteiger partial charge in [-0.3, -0.25) is 0 Å². The van der Waals surface area contributed by atoms with Crippen LogP contribution in [0.5, 0.6) is 0 Å². The van der Waals surface area contributed by atoms with Crippen LogP contribution in [0.25, 0.3) is 0 Å². The van der Waals surface area contributed by atoms with Gasteiger partial charge in [0.1, 0.15) is 11.6 Å². The Morgan fingerprint density at radius 3 is 0.818 bits per heavy atom. The van der Waals surface area contributed by atoms with E-state index in [0.717, 1.165) is 0 Å². The molecule has 0 aromatic carbocycles. The van der Waals surface area contributed by atoms with Gasteiger partial charge in [-0.05, 0) is 85.2 Å². The zero-order chi connectivity index (χ0) is 25.8. The summed E-state index contributed by atoms with van der Waals surface area (Å²) >= 11 is 0.